The van der Waals surface area contributed by atoms with Gasteiger partial charge in [0, 0.05) is 30.2 Å². The van der Waals surface area contributed by atoms with Crippen LogP contribution in [0, 0.1) is 0 Å². The van der Waals surface area contributed by atoms with Crippen LogP contribution in [-0.4, -0.2) is 48.8 Å². The summed E-state index contributed by atoms with van der Waals surface area (Å²) in [5.41, 5.74) is 1.14. The maximum absolute atomic E-state index is 5.85. The van der Waals surface area contributed by atoms with Crippen LogP contribution in [0.5, 0.6) is 5.75 Å². The zero-order chi connectivity index (χ0) is 13.1. The number of ether oxygens (including phenoxy) is 2. The molecule has 0 radical (unpaired) electrons. The van der Waals surface area contributed by atoms with Gasteiger partial charge in [-0.15, -0.1) is 0 Å². The Morgan fingerprint density at radius 2 is 2.37 bits per heavy atom. The summed E-state index contributed by atoms with van der Waals surface area (Å²) in [6.07, 6.45) is 2.12. The summed E-state index contributed by atoms with van der Waals surface area (Å²) in [5, 5.41) is 1.18. The molecule has 2 aromatic rings. The third kappa shape index (κ3) is 2.91. The van der Waals surface area contributed by atoms with E-state index in [1.807, 2.05) is 18.3 Å². The summed E-state index contributed by atoms with van der Waals surface area (Å²) in [6.45, 7) is 6.68. The van der Waals surface area contributed by atoms with E-state index in [0.29, 0.717) is 6.61 Å². The van der Waals surface area contributed by atoms with E-state index in [4.69, 9.17) is 9.47 Å². The van der Waals surface area contributed by atoms with Crippen molar-refractivity contribution in [1.29, 1.82) is 0 Å². The molecule has 0 aliphatic carbocycles. The van der Waals surface area contributed by atoms with Gasteiger partial charge in [-0.2, -0.15) is 0 Å². The second-order valence-corrected chi connectivity index (χ2v) is 4.92. The predicted molar refractivity (Wildman–Crippen MR) is 75.6 cm³/mol. The van der Waals surface area contributed by atoms with Crippen molar-refractivity contribution in [2.45, 2.75) is 13.0 Å². The van der Waals surface area contributed by atoms with Gasteiger partial charge in [0.2, 0.25) is 0 Å². The molecule has 1 N–H and O–H groups in total. The number of nitrogens with zero attached hydrogens (tertiary/aromatic N) is 1. The van der Waals surface area contributed by atoms with E-state index >= 15 is 0 Å². The van der Waals surface area contributed by atoms with Crippen molar-refractivity contribution < 1.29 is 9.47 Å². The highest BCUT2D eigenvalue weighted by Gasteiger charge is 2.19. The van der Waals surface area contributed by atoms with Crippen LogP contribution in [-0.2, 0) is 4.74 Å². The smallest absolute Gasteiger partial charge is 0.120 e. The van der Waals surface area contributed by atoms with E-state index in [0.717, 1.165) is 37.5 Å². The number of aromatic amines is 1. The van der Waals surface area contributed by atoms with Crippen molar-refractivity contribution in [1.82, 2.24) is 9.88 Å². The molecule has 4 nitrogen and oxygen atoms in total. The number of likely N-dealkylation sites (N-methyl/N-ethyl adjacent to an activating group) is 1. The van der Waals surface area contributed by atoms with Gasteiger partial charge in [-0.3, -0.25) is 4.90 Å². The zero-order valence-corrected chi connectivity index (χ0v) is 11.3. The first kappa shape index (κ1) is 12.5. The molecule has 1 unspecified atom stereocenters. The Bertz CT molecular complexity index is 538. The molecule has 1 aliphatic rings. The summed E-state index contributed by atoms with van der Waals surface area (Å²) in [5.74, 6) is 0.907. The van der Waals surface area contributed by atoms with Crippen LogP contribution in [0.3, 0.4) is 0 Å². The SMILES string of the molecule is CCN1CCOC(COc2ccc3[nH]ccc3c2)C1. The highest BCUT2D eigenvalue weighted by Crippen LogP contribution is 2.20. The van der Waals surface area contributed by atoms with E-state index < -0.39 is 0 Å². The van der Waals surface area contributed by atoms with Gasteiger partial charge in [0.15, 0.2) is 0 Å². The van der Waals surface area contributed by atoms with Gasteiger partial charge in [-0.25, -0.2) is 0 Å². The minimum atomic E-state index is 0.177. The van der Waals surface area contributed by atoms with Gasteiger partial charge in [-0.1, -0.05) is 6.92 Å². The minimum Gasteiger partial charge on any atom is -0.491 e. The Balaban J connectivity index is 1.59. The number of benzene rings is 1. The molecule has 4 heteroatoms. The molecule has 1 fully saturated rings. The average molecular weight is 260 g/mol. The van der Waals surface area contributed by atoms with Crippen molar-refractivity contribution in [2.75, 3.05) is 32.8 Å². The van der Waals surface area contributed by atoms with Gasteiger partial charge in [0.1, 0.15) is 18.5 Å². The quantitative estimate of drug-likeness (QED) is 0.916. The van der Waals surface area contributed by atoms with Gasteiger partial charge in [0.25, 0.3) is 0 Å². The fourth-order valence-corrected chi connectivity index (χ4v) is 2.48. The van der Waals surface area contributed by atoms with Gasteiger partial charge >= 0.3 is 0 Å². The molecule has 102 valence electrons. The molecular formula is C15H20N2O2. The monoisotopic (exact) mass is 260 g/mol. The second kappa shape index (κ2) is 5.63. The highest BCUT2D eigenvalue weighted by atomic mass is 16.5. The molecule has 19 heavy (non-hydrogen) atoms. The normalized spacial score (nSPS) is 20.8. The van der Waals surface area contributed by atoms with E-state index in [2.05, 4.69) is 28.9 Å². The maximum Gasteiger partial charge on any atom is 0.120 e. The second-order valence-electron chi connectivity index (χ2n) is 4.92. The molecule has 0 spiro atoms. The third-order valence-corrected chi connectivity index (χ3v) is 3.63. The summed E-state index contributed by atoms with van der Waals surface area (Å²) < 4.78 is 11.6. The molecule has 1 aromatic heterocycles. The molecule has 2 heterocycles. The lowest BCUT2D eigenvalue weighted by Crippen LogP contribution is -2.44. The van der Waals surface area contributed by atoms with Crippen LogP contribution >= 0.6 is 0 Å². The first-order chi connectivity index (χ1) is 9.35. The van der Waals surface area contributed by atoms with Crippen molar-refractivity contribution in [3.63, 3.8) is 0 Å². The molecule has 1 aromatic carbocycles. The Morgan fingerprint density at radius 3 is 3.26 bits per heavy atom. The molecule has 1 atom stereocenters. The van der Waals surface area contributed by atoms with E-state index in [9.17, 15) is 0 Å². The Labute approximate surface area is 113 Å². The first-order valence-corrected chi connectivity index (χ1v) is 6.89. The topological polar surface area (TPSA) is 37.5 Å². The first-order valence-electron chi connectivity index (χ1n) is 6.89. The Kier molecular flexibility index (Phi) is 3.71. The summed E-state index contributed by atoms with van der Waals surface area (Å²) >= 11 is 0. The molecule has 1 aliphatic heterocycles. The van der Waals surface area contributed by atoms with E-state index in [-0.39, 0.29) is 6.10 Å². The highest BCUT2D eigenvalue weighted by molar-refractivity contribution is 5.80. The van der Waals surface area contributed by atoms with E-state index in [1.165, 1.54) is 5.39 Å². The van der Waals surface area contributed by atoms with Gasteiger partial charge in [0.05, 0.1) is 6.61 Å². The summed E-state index contributed by atoms with van der Waals surface area (Å²) in [6, 6.07) is 8.16. The van der Waals surface area contributed by atoms with Crippen molar-refractivity contribution in [3.8, 4) is 5.75 Å². The standard InChI is InChI=1S/C15H20N2O2/c1-2-17-7-8-18-14(10-17)11-19-13-3-4-15-12(9-13)5-6-16-15/h3-6,9,14,16H,2,7-8,10-11H2,1H3. The lowest BCUT2D eigenvalue weighted by molar-refractivity contribution is -0.0463. The summed E-state index contributed by atoms with van der Waals surface area (Å²) in [4.78, 5) is 5.57. The van der Waals surface area contributed by atoms with E-state index in [1.54, 1.807) is 0 Å². The number of aromatic nitrogens is 1. The van der Waals surface area contributed by atoms with Crippen LogP contribution in [0.15, 0.2) is 30.5 Å². The average Bonchev–Trinajstić information content (AvgIpc) is 2.93. The largest absolute Gasteiger partial charge is 0.491 e. The number of morpholine rings is 1. The van der Waals surface area contributed by atoms with Crippen LogP contribution in [0.1, 0.15) is 6.92 Å². The number of nitrogens with one attached hydrogen (secondary N) is 1. The number of H-pyrrole nitrogens is 1. The molecule has 1 saturated heterocycles. The Hall–Kier alpha value is -1.52. The van der Waals surface area contributed by atoms with Crippen LogP contribution < -0.4 is 4.74 Å². The third-order valence-electron chi connectivity index (χ3n) is 3.63. The summed E-state index contributed by atoms with van der Waals surface area (Å²) in [7, 11) is 0. The number of rotatable bonds is 4. The van der Waals surface area contributed by atoms with Gasteiger partial charge < -0.3 is 14.5 Å². The fraction of sp³-hybridized carbons (Fsp3) is 0.467. The molecule has 0 amide bonds. The zero-order valence-electron chi connectivity index (χ0n) is 11.3. The van der Waals surface area contributed by atoms with Crippen molar-refractivity contribution >= 4 is 10.9 Å². The lowest BCUT2D eigenvalue weighted by Gasteiger charge is -2.31. The Morgan fingerprint density at radius 1 is 1.42 bits per heavy atom. The molecule has 0 bridgehead atoms. The van der Waals surface area contributed by atoms with Crippen LogP contribution in [0.2, 0.25) is 0 Å². The lowest BCUT2D eigenvalue weighted by atomic mass is 10.2. The maximum atomic E-state index is 5.85. The number of fused-ring (bicyclic) bond motifs is 1. The number of hydrogen-bond donors (Lipinski definition) is 1. The molecule has 0 saturated carbocycles. The minimum absolute atomic E-state index is 0.177. The predicted octanol–water partition coefficient (Wildman–Crippen LogP) is 2.27. The van der Waals surface area contributed by atoms with Crippen LogP contribution in [0.4, 0.5) is 0 Å². The van der Waals surface area contributed by atoms with Crippen molar-refractivity contribution in [3.05, 3.63) is 30.5 Å². The number of hydrogen-bond acceptors (Lipinski definition) is 3. The van der Waals surface area contributed by atoms with Gasteiger partial charge in [-0.05, 0) is 30.8 Å². The molecular weight excluding hydrogens is 240 g/mol. The molecule has 3 rings (SSSR count). The van der Waals surface area contributed by atoms with Crippen molar-refractivity contribution in [2.24, 2.45) is 0 Å². The van der Waals surface area contributed by atoms with Crippen LogP contribution in [0.25, 0.3) is 10.9 Å². The fourth-order valence-electron chi connectivity index (χ4n) is 2.48.